The first kappa shape index (κ1) is 64.2. The van der Waals surface area contributed by atoms with Crippen molar-refractivity contribution in [2.24, 2.45) is 35.5 Å². The number of allylic oxidation sites excluding steroid dienone is 2. The molecule has 0 radical (unpaired) electrons. The number of aromatic nitrogens is 1. The Labute approximate surface area is 531 Å². The highest BCUT2D eigenvalue weighted by Gasteiger charge is 2.50. The molecule has 0 saturated heterocycles. The first-order valence-electron chi connectivity index (χ1n) is 33.5. The number of methoxy groups -OCH3 is 1. The van der Waals surface area contributed by atoms with Crippen molar-refractivity contribution in [1.82, 2.24) is 15.6 Å². The van der Waals surface area contributed by atoms with Crippen molar-refractivity contribution >= 4 is 28.0 Å². The van der Waals surface area contributed by atoms with Crippen LogP contribution in [-0.4, -0.2) is 92.2 Å². The number of hydrogen-bond acceptors (Lipinski definition) is 12. The minimum atomic E-state index is -1.87. The Bertz CT molecular complexity index is 3640. The molecule has 90 heavy (non-hydrogen) atoms. The molecular weight excluding hydrogens is 1120 g/mol. The lowest BCUT2D eigenvalue weighted by Crippen LogP contribution is -2.48. The second-order valence-electron chi connectivity index (χ2n) is 27.2. The lowest BCUT2D eigenvalue weighted by atomic mass is 9.61. The molecule has 0 unspecified atom stereocenters. The number of H-pyrrole nitrogens is 1. The van der Waals surface area contributed by atoms with E-state index in [2.05, 4.69) is 102 Å². The molecule has 476 valence electrons. The second-order valence-corrected chi connectivity index (χ2v) is 27.2. The highest BCUT2D eigenvalue weighted by atomic mass is 16.5. The van der Waals surface area contributed by atoms with E-state index in [1.54, 1.807) is 18.2 Å². The number of rotatable bonds is 10. The smallest absolute Gasteiger partial charge is 0.173 e. The molecule has 2 fully saturated rings. The average molecular weight is 1220 g/mol. The van der Waals surface area contributed by atoms with Crippen LogP contribution in [-0.2, 0) is 40.7 Å². The van der Waals surface area contributed by atoms with Gasteiger partial charge in [-0.05, 0) is 205 Å². The molecule has 13 heteroatoms. The van der Waals surface area contributed by atoms with E-state index < -0.39 is 53.0 Å². The van der Waals surface area contributed by atoms with Gasteiger partial charge in [0.2, 0.25) is 0 Å². The number of carbonyl (C=O) groups is 2. The summed E-state index contributed by atoms with van der Waals surface area (Å²) in [5.41, 5.74) is 8.80. The number of anilines is 1. The number of phenols is 3. The zero-order valence-corrected chi connectivity index (χ0v) is 53.1. The van der Waals surface area contributed by atoms with Crippen LogP contribution in [0.25, 0.3) is 10.8 Å². The summed E-state index contributed by atoms with van der Waals surface area (Å²) < 4.78 is 5.68. The van der Waals surface area contributed by atoms with Crippen molar-refractivity contribution in [3.8, 4) is 34.8 Å². The maximum atomic E-state index is 15.6. The molecule has 3 aliphatic carbocycles. The molecule has 10 N–H and O–H groups in total. The lowest BCUT2D eigenvalue weighted by molar-refractivity contribution is -0.142. The number of aromatic hydroxyl groups is 3. The van der Waals surface area contributed by atoms with Crippen molar-refractivity contribution in [2.75, 3.05) is 32.1 Å². The summed E-state index contributed by atoms with van der Waals surface area (Å²) in [5.74, 6) is 5.96. The van der Waals surface area contributed by atoms with E-state index in [1.807, 2.05) is 48.5 Å². The van der Waals surface area contributed by atoms with Crippen LogP contribution in [0.2, 0.25) is 0 Å². The lowest BCUT2D eigenvalue weighted by Gasteiger charge is -2.46. The Morgan fingerprint density at radius 3 is 2.42 bits per heavy atom. The number of dihydropyridines is 1. The summed E-state index contributed by atoms with van der Waals surface area (Å²) in [6.45, 7) is 8.13. The standard InChI is InChI=1S/C77H94N4O9/c1-5-12-63-57-35-51(33-50-29-32-79-72(37-50)81-59-26-23-53-21-22-56(73(86)67(53)42-59)38-61(83)46-78-44-48(3)58-41-71(80-45-58)77(76(63)89)30-9-6-10-31-77)34-54-24-27-64(62-16-8-7-14-52(62)20-18-47(2)17-19-49-13-11-15-60(82)36-49)65-43-69(85)70(90-4)40-55(65)25-28-68(84)75(88)74(87)66(54)39-57/h7-8,11,13-16,21-23,26,29,36-37,40-43,45,47-48,51,54,57,61,63-64,66,75-76,78-83,85-86,88-89H,5-6,9-10,12,17-20,25,28,30-35,38-39,44,46H2,1-4H3/t47-,48-,51-,54+,57+,61+,63+,64-,66+,75+,76-/m1/s1. The van der Waals surface area contributed by atoms with E-state index in [-0.39, 0.29) is 65.9 Å². The third kappa shape index (κ3) is 14.5. The largest absolute Gasteiger partial charge is 0.508 e. The number of β-amino-alcohol motifs (C(OH)–C–C–N with tert-alkyl or cyclic N) is 1. The van der Waals surface area contributed by atoms with Gasteiger partial charge in [-0.3, -0.25) is 9.59 Å². The van der Waals surface area contributed by atoms with Gasteiger partial charge in [-0.25, -0.2) is 0 Å². The zero-order chi connectivity index (χ0) is 63.1. The van der Waals surface area contributed by atoms with Crippen LogP contribution in [0.3, 0.4) is 0 Å². The van der Waals surface area contributed by atoms with Crippen molar-refractivity contribution in [1.29, 1.82) is 0 Å². The molecule has 11 rings (SSSR count). The number of ether oxygens (including phenoxy) is 1. The predicted molar refractivity (Wildman–Crippen MR) is 356 cm³/mol. The minimum absolute atomic E-state index is 0.0393. The van der Waals surface area contributed by atoms with Gasteiger partial charge in [0.15, 0.2) is 29.2 Å². The summed E-state index contributed by atoms with van der Waals surface area (Å²) in [4.78, 5) is 33.9. The minimum Gasteiger partial charge on any atom is -0.508 e. The molecular formula is C77H94N4O9. The topological polar surface area (TPSA) is 217 Å². The van der Waals surface area contributed by atoms with Gasteiger partial charge in [0, 0.05) is 72.7 Å². The number of ketones is 2. The van der Waals surface area contributed by atoms with Crippen LogP contribution < -0.4 is 20.7 Å². The summed E-state index contributed by atoms with van der Waals surface area (Å²) in [7, 11) is 1.50. The van der Waals surface area contributed by atoms with Crippen molar-refractivity contribution in [3.05, 3.63) is 171 Å². The molecule has 6 aromatic rings. The van der Waals surface area contributed by atoms with E-state index >= 15 is 4.79 Å². The third-order valence-corrected chi connectivity index (χ3v) is 21.0. The summed E-state index contributed by atoms with van der Waals surface area (Å²) in [6, 6.07) is 31.4. The van der Waals surface area contributed by atoms with E-state index in [1.165, 1.54) is 7.11 Å². The van der Waals surface area contributed by atoms with Crippen molar-refractivity contribution in [3.63, 3.8) is 0 Å². The number of aryl methyl sites for hydroxylation is 3. The highest BCUT2D eigenvalue weighted by Crippen LogP contribution is 2.51. The molecule has 2 aliphatic heterocycles. The van der Waals surface area contributed by atoms with Gasteiger partial charge >= 0.3 is 0 Å². The first-order valence-corrected chi connectivity index (χ1v) is 33.5. The Hall–Kier alpha value is -7.34. The first-order chi connectivity index (χ1) is 43.6. The van der Waals surface area contributed by atoms with Crippen LogP contribution >= 0.6 is 0 Å². The SMILES string of the molecule is CCC[C@H]1[C@H]2C[C@H](CC3=CCNC(=C3)Nc3ccc4ccc(c(O)c4c3)C[C@H](O)CNC[C@@H](C)c3c[nH]c(c3)C3(CCCCC3)[C@@H]1O)C[C@@H]1C#C[C@H](c3ccccc3CC[C@H](C)CCc3cccc(O)c3)c3cc(O)c(OC)cc3CCC(=O)[C@H](O)C(=O)[C@H]1C2. The second kappa shape index (κ2) is 28.9. The molecule has 0 amide bonds. The van der Waals surface area contributed by atoms with Gasteiger partial charge < -0.3 is 56.3 Å². The van der Waals surface area contributed by atoms with Crippen LogP contribution in [0, 0.1) is 47.3 Å². The fourth-order valence-electron chi connectivity index (χ4n) is 16.0. The fourth-order valence-corrected chi connectivity index (χ4v) is 16.0. The van der Waals surface area contributed by atoms with Gasteiger partial charge in [-0.2, -0.15) is 0 Å². The molecule has 3 heterocycles. The summed E-state index contributed by atoms with van der Waals surface area (Å²) in [5, 5.41) is 83.0. The number of carbonyl (C=O) groups excluding carboxylic acids is 2. The fraction of sp³-hybridized carbons (Fsp3) is 0.481. The van der Waals surface area contributed by atoms with Crippen molar-refractivity contribution in [2.45, 2.75) is 172 Å². The van der Waals surface area contributed by atoms with E-state index in [4.69, 9.17) is 4.74 Å². The number of Topliss-reactive ketones (excluding diaryl/α,β-unsaturated/α-hetero) is 2. The summed E-state index contributed by atoms with van der Waals surface area (Å²) >= 11 is 0. The van der Waals surface area contributed by atoms with Gasteiger partial charge in [-0.1, -0.05) is 119 Å². The van der Waals surface area contributed by atoms with Crippen LogP contribution in [0.15, 0.2) is 127 Å². The number of nitrogens with one attached hydrogen (secondary N) is 4. The number of aromatic amines is 1. The monoisotopic (exact) mass is 1220 g/mol. The van der Waals surface area contributed by atoms with Gasteiger partial charge in [0.1, 0.15) is 17.3 Å². The normalized spacial score (nSPS) is 26.3. The van der Waals surface area contributed by atoms with E-state index in [9.17, 15) is 35.4 Å². The maximum Gasteiger partial charge on any atom is 0.173 e. The van der Waals surface area contributed by atoms with Crippen LogP contribution in [0.5, 0.6) is 23.0 Å². The molecule has 5 aromatic carbocycles. The van der Waals surface area contributed by atoms with Crippen LogP contribution in [0.4, 0.5) is 5.69 Å². The van der Waals surface area contributed by atoms with Gasteiger partial charge in [-0.15, -0.1) is 0 Å². The maximum absolute atomic E-state index is 15.6. The molecule has 2 saturated carbocycles. The Kier molecular flexibility index (Phi) is 20.6. The molecule has 11 atom stereocenters. The third-order valence-electron chi connectivity index (χ3n) is 21.0. The summed E-state index contributed by atoms with van der Waals surface area (Å²) in [6.07, 6.45) is 15.2. The zero-order valence-electron chi connectivity index (χ0n) is 53.1. The van der Waals surface area contributed by atoms with E-state index in [0.29, 0.717) is 62.2 Å². The molecule has 5 aliphatic rings. The molecule has 1 aromatic heterocycles. The Morgan fingerprint density at radius 2 is 1.61 bits per heavy atom. The van der Waals surface area contributed by atoms with Crippen LogP contribution in [0.1, 0.15) is 167 Å². The number of hydrogen-bond donors (Lipinski definition) is 10. The van der Waals surface area contributed by atoms with Gasteiger partial charge in [0.05, 0.1) is 25.2 Å². The highest BCUT2D eigenvalue weighted by molar-refractivity contribution is 6.06. The average Bonchev–Trinajstić information content (AvgIpc) is 1.66. The number of aliphatic hydroxyl groups excluding tert-OH is 3. The van der Waals surface area contributed by atoms with Gasteiger partial charge in [0.25, 0.3) is 0 Å². The Morgan fingerprint density at radius 1 is 0.800 bits per heavy atom. The predicted octanol–water partition coefficient (Wildman–Crippen LogP) is 12.9. The number of phenolic OH excluding ortho intramolecular Hbond substituents is 3. The van der Waals surface area contributed by atoms with Crippen molar-refractivity contribution < 1.29 is 45.0 Å². The molecule has 13 nitrogen and oxygen atoms in total. The number of benzene rings is 5. The molecule has 9 bridgehead atoms. The Balaban J connectivity index is 1.02. The molecule has 1 spiro atoms. The number of fused-ring (bicyclic) bond motifs is 10. The quantitative estimate of drug-likeness (QED) is 0.0458. The van der Waals surface area contributed by atoms with E-state index in [0.717, 1.165) is 132 Å². The number of aliphatic hydroxyl groups is 3.